The summed E-state index contributed by atoms with van der Waals surface area (Å²) in [5.41, 5.74) is 17.9. The van der Waals surface area contributed by atoms with Gasteiger partial charge in [0.1, 0.15) is 0 Å². The zero-order valence-corrected chi connectivity index (χ0v) is 36.1. The lowest BCUT2D eigenvalue weighted by atomic mass is 9.55. The summed E-state index contributed by atoms with van der Waals surface area (Å²) < 4.78 is 0. The fraction of sp³-hybridized carbons (Fsp3) is 0.0154. The predicted octanol–water partition coefficient (Wildman–Crippen LogP) is 17.4. The third kappa shape index (κ3) is 5.17. The third-order valence-corrected chi connectivity index (χ3v) is 14.6. The van der Waals surface area contributed by atoms with E-state index < -0.39 is 5.41 Å². The minimum atomic E-state index is -0.659. The number of rotatable bonds is 5. The predicted molar refractivity (Wildman–Crippen MR) is 278 cm³/mol. The van der Waals surface area contributed by atoms with E-state index in [0.29, 0.717) is 0 Å². The minimum absolute atomic E-state index is 0.659. The number of anilines is 3. The molecule has 2 aliphatic rings. The van der Waals surface area contributed by atoms with Gasteiger partial charge < -0.3 is 4.90 Å². The fourth-order valence-corrected chi connectivity index (χ4v) is 11.9. The molecule has 12 aromatic rings. The lowest BCUT2D eigenvalue weighted by Gasteiger charge is -2.46. The van der Waals surface area contributed by atoms with Crippen molar-refractivity contribution in [2.24, 2.45) is 0 Å². The van der Waals surface area contributed by atoms with Crippen LogP contribution in [0.1, 0.15) is 22.3 Å². The van der Waals surface area contributed by atoms with Crippen LogP contribution >= 0.6 is 0 Å². The first kappa shape index (κ1) is 36.9. The Bertz CT molecular complexity index is 3930. The van der Waals surface area contributed by atoms with Gasteiger partial charge in [0.25, 0.3) is 0 Å². The minimum Gasteiger partial charge on any atom is -0.309 e. The molecule has 0 amide bonds. The first-order valence-corrected chi connectivity index (χ1v) is 23.0. The van der Waals surface area contributed by atoms with Gasteiger partial charge in [-0.3, -0.25) is 0 Å². The van der Waals surface area contributed by atoms with Gasteiger partial charge >= 0.3 is 0 Å². The molecule has 0 radical (unpaired) electrons. The van der Waals surface area contributed by atoms with Crippen molar-refractivity contribution >= 4 is 60.2 Å². The number of nitrogens with zero attached hydrogens (tertiary/aromatic N) is 1. The van der Waals surface area contributed by atoms with E-state index in [4.69, 9.17) is 0 Å². The molecule has 1 spiro atoms. The number of benzene rings is 12. The van der Waals surface area contributed by atoms with Crippen molar-refractivity contribution in [1.82, 2.24) is 0 Å². The van der Waals surface area contributed by atoms with Crippen molar-refractivity contribution in [2.45, 2.75) is 5.41 Å². The summed E-state index contributed by atoms with van der Waals surface area (Å²) in [5, 5.41) is 9.99. The van der Waals surface area contributed by atoms with Crippen LogP contribution in [-0.4, -0.2) is 0 Å². The Morgan fingerprint density at radius 3 is 1.59 bits per heavy atom. The topological polar surface area (TPSA) is 3.24 Å². The molecule has 0 aliphatic heterocycles. The van der Waals surface area contributed by atoms with Crippen molar-refractivity contribution < 1.29 is 0 Å². The van der Waals surface area contributed by atoms with E-state index in [-0.39, 0.29) is 0 Å². The van der Waals surface area contributed by atoms with Crippen LogP contribution in [0, 0.1) is 0 Å². The van der Waals surface area contributed by atoms with Gasteiger partial charge in [-0.1, -0.05) is 218 Å². The second kappa shape index (κ2) is 14.2. The molecule has 1 heteroatoms. The zero-order chi connectivity index (χ0) is 43.3. The van der Waals surface area contributed by atoms with Gasteiger partial charge in [0.05, 0.1) is 16.8 Å². The maximum Gasteiger partial charge on any atom is 0.0726 e. The molecule has 0 fully saturated rings. The largest absolute Gasteiger partial charge is 0.309 e. The molecule has 0 heterocycles. The Hall–Kier alpha value is -8.52. The highest BCUT2D eigenvalue weighted by molar-refractivity contribution is 6.14. The summed E-state index contributed by atoms with van der Waals surface area (Å²) in [5.74, 6) is 0. The zero-order valence-electron chi connectivity index (χ0n) is 36.1. The van der Waals surface area contributed by atoms with E-state index in [1.807, 2.05) is 0 Å². The van der Waals surface area contributed by atoms with Gasteiger partial charge in [-0.15, -0.1) is 0 Å². The molecule has 0 saturated heterocycles. The number of hydrogen-bond donors (Lipinski definition) is 0. The second-order valence-electron chi connectivity index (χ2n) is 17.9. The van der Waals surface area contributed by atoms with Crippen LogP contribution in [-0.2, 0) is 5.41 Å². The van der Waals surface area contributed by atoms with Crippen molar-refractivity contribution in [1.29, 1.82) is 0 Å². The number of hydrogen-bond acceptors (Lipinski definition) is 1. The van der Waals surface area contributed by atoms with Gasteiger partial charge in [0.15, 0.2) is 0 Å². The highest BCUT2D eigenvalue weighted by atomic mass is 15.1. The van der Waals surface area contributed by atoms with Crippen LogP contribution in [0.15, 0.2) is 249 Å². The summed E-state index contributed by atoms with van der Waals surface area (Å²) in [6, 6.07) is 93.2. The average molecular weight is 836 g/mol. The summed E-state index contributed by atoms with van der Waals surface area (Å²) in [7, 11) is 0. The van der Waals surface area contributed by atoms with Crippen LogP contribution in [0.4, 0.5) is 17.1 Å². The molecule has 1 unspecified atom stereocenters. The molecular formula is C65H41N. The van der Waals surface area contributed by atoms with Crippen molar-refractivity contribution in [3.63, 3.8) is 0 Å². The molecule has 1 atom stereocenters. The summed E-state index contributed by atoms with van der Waals surface area (Å²) >= 11 is 0. The summed E-state index contributed by atoms with van der Waals surface area (Å²) in [4.78, 5) is 2.54. The van der Waals surface area contributed by atoms with Crippen LogP contribution in [0.3, 0.4) is 0 Å². The molecule has 0 saturated carbocycles. The maximum absolute atomic E-state index is 2.55. The third-order valence-electron chi connectivity index (χ3n) is 14.6. The fourth-order valence-electron chi connectivity index (χ4n) is 11.9. The van der Waals surface area contributed by atoms with Crippen LogP contribution in [0.2, 0.25) is 0 Å². The van der Waals surface area contributed by atoms with E-state index in [0.717, 1.165) is 17.1 Å². The van der Waals surface area contributed by atoms with E-state index in [2.05, 4.69) is 254 Å². The SMILES string of the molecule is c1ccc(-c2cc3ccccc3cc2N(c2ccc3c(c2)C2(c4ccccc4-c4cccc5cccc2c45)c2cccc4c(-c5ccccc5)ccc-3c24)c2cccc3ccccc23)cc1. The number of fused-ring (bicyclic) bond motifs is 10. The normalized spacial score (nSPS) is 14.4. The standard InChI is InChI=1S/C65H41N/c1-3-17-42(18-4-1)49-37-38-55-52-36-35-48(66(61-34-15-24-43-21-9-10-27-50(43)61)62-40-47-23-8-7-22-46(47)39-56(62)44-19-5-2-6-20-44)41-60(52)65(59-33-16-30-53(49)64(55)59)57-31-12-11-28-51(57)54-29-13-25-45-26-14-32-58(65)63(45)54/h1-41H. The highest BCUT2D eigenvalue weighted by Gasteiger charge is 2.49. The Morgan fingerprint density at radius 1 is 0.258 bits per heavy atom. The molecule has 0 bridgehead atoms. The van der Waals surface area contributed by atoms with Crippen LogP contribution in [0.5, 0.6) is 0 Å². The Morgan fingerprint density at radius 2 is 0.773 bits per heavy atom. The lowest BCUT2D eigenvalue weighted by Crippen LogP contribution is -2.36. The molecule has 306 valence electrons. The monoisotopic (exact) mass is 835 g/mol. The highest BCUT2D eigenvalue weighted by Crippen LogP contribution is 2.62. The quantitative estimate of drug-likeness (QED) is 0.167. The molecule has 2 aliphatic carbocycles. The molecule has 66 heavy (non-hydrogen) atoms. The Balaban J connectivity index is 1.15. The van der Waals surface area contributed by atoms with Gasteiger partial charge in [-0.25, -0.2) is 0 Å². The van der Waals surface area contributed by atoms with Gasteiger partial charge in [0.2, 0.25) is 0 Å². The van der Waals surface area contributed by atoms with Crippen molar-refractivity contribution in [2.75, 3.05) is 4.90 Å². The van der Waals surface area contributed by atoms with Crippen molar-refractivity contribution in [3.05, 3.63) is 271 Å². The first-order valence-electron chi connectivity index (χ1n) is 23.0. The molecule has 12 aromatic carbocycles. The smallest absolute Gasteiger partial charge is 0.0726 e. The summed E-state index contributed by atoms with van der Waals surface area (Å²) in [6.07, 6.45) is 0. The van der Waals surface area contributed by atoms with E-state index in [9.17, 15) is 0 Å². The Labute approximate surface area is 384 Å². The molecule has 0 N–H and O–H groups in total. The van der Waals surface area contributed by atoms with Crippen LogP contribution < -0.4 is 4.90 Å². The van der Waals surface area contributed by atoms with Gasteiger partial charge in [0, 0.05) is 16.6 Å². The van der Waals surface area contributed by atoms with Crippen molar-refractivity contribution in [3.8, 4) is 44.5 Å². The molecule has 14 rings (SSSR count). The first-order chi connectivity index (χ1) is 32.8. The van der Waals surface area contributed by atoms with Gasteiger partial charge in [-0.2, -0.15) is 0 Å². The molecule has 0 aromatic heterocycles. The van der Waals surface area contributed by atoms with E-state index in [1.165, 1.54) is 110 Å². The van der Waals surface area contributed by atoms with Crippen LogP contribution in [0.25, 0.3) is 87.6 Å². The average Bonchev–Trinajstić information content (AvgIpc) is 3.39. The summed E-state index contributed by atoms with van der Waals surface area (Å²) in [6.45, 7) is 0. The lowest BCUT2D eigenvalue weighted by molar-refractivity contribution is 0.754. The Kier molecular flexibility index (Phi) is 7.97. The van der Waals surface area contributed by atoms with E-state index >= 15 is 0 Å². The van der Waals surface area contributed by atoms with E-state index in [1.54, 1.807) is 0 Å². The second-order valence-corrected chi connectivity index (χ2v) is 17.9. The maximum atomic E-state index is 2.55. The molecular weight excluding hydrogens is 795 g/mol. The molecule has 1 nitrogen and oxygen atoms in total. The van der Waals surface area contributed by atoms with Gasteiger partial charge in [-0.05, 0) is 129 Å².